The maximum Gasteiger partial charge on any atom is 0.142 e. The Morgan fingerprint density at radius 1 is 0.966 bits per heavy atom. The summed E-state index contributed by atoms with van der Waals surface area (Å²) in [5.74, 6) is 9.05. The van der Waals surface area contributed by atoms with E-state index in [0.29, 0.717) is 11.5 Å². The fraction of sp³-hybridized carbons (Fsp3) is 0.593. The molecule has 1 aromatic carbocycles. The minimum atomic E-state index is -0.500. The molecule has 0 unspecified atom stereocenters. The van der Waals surface area contributed by atoms with Crippen LogP contribution in [0, 0.1) is 52.7 Å². The predicted molar refractivity (Wildman–Crippen MR) is 118 cm³/mol. The molecule has 0 saturated heterocycles. The third kappa shape index (κ3) is 6.75. The average molecular weight is 392 g/mol. The lowest BCUT2D eigenvalue weighted by Crippen LogP contribution is -2.17. The van der Waals surface area contributed by atoms with E-state index in [0.717, 1.165) is 17.8 Å². The van der Waals surface area contributed by atoms with Gasteiger partial charge in [-0.1, -0.05) is 69.8 Å². The second kappa shape index (κ2) is 11.2. The van der Waals surface area contributed by atoms with Crippen molar-refractivity contribution in [2.45, 2.75) is 77.6 Å². The molecule has 0 aromatic heterocycles. The zero-order valence-corrected chi connectivity index (χ0v) is 17.8. The zero-order valence-electron chi connectivity index (χ0n) is 17.8. The van der Waals surface area contributed by atoms with Crippen molar-refractivity contribution in [3.05, 3.63) is 47.3 Å². The molecule has 0 radical (unpaired) electrons. The minimum absolute atomic E-state index is 0.0662. The molecule has 29 heavy (non-hydrogen) atoms. The Kier molecular flexibility index (Phi) is 8.37. The topological polar surface area (TPSA) is 23.8 Å². The monoisotopic (exact) mass is 391 g/mol. The van der Waals surface area contributed by atoms with E-state index in [2.05, 4.69) is 24.8 Å². The number of nitriles is 1. The molecule has 0 amide bonds. The summed E-state index contributed by atoms with van der Waals surface area (Å²) in [4.78, 5) is 0. The van der Waals surface area contributed by atoms with Gasteiger partial charge in [0.2, 0.25) is 0 Å². The van der Waals surface area contributed by atoms with Crippen LogP contribution < -0.4 is 0 Å². The molecule has 1 aromatic rings. The number of rotatable bonds is 5. The van der Waals surface area contributed by atoms with Crippen molar-refractivity contribution in [3.8, 4) is 17.9 Å². The molecular formula is C27H34FN. The molecule has 3 rings (SSSR count). The molecule has 2 aliphatic rings. The molecule has 0 heterocycles. The largest absolute Gasteiger partial charge is 0.206 e. The molecule has 2 fully saturated rings. The van der Waals surface area contributed by atoms with E-state index in [9.17, 15) is 4.39 Å². The highest BCUT2D eigenvalue weighted by Crippen LogP contribution is 2.37. The zero-order chi connectivity index (χ0) is 20.5. The summed E-state index contributed by atoms with van der Waals surface area (Å²) < 4.78 is 13.6. The van der Waals surface area contributed by atoms with Gasteiger partial charge in [-0.3, -0.25) is 0 Å². The second-order valence-electron chi connectivity index (χ2n) is 9.09. The molecular weight excluding hydrogens is 357 g/mol. The van der Waals surface area contributed by atoms with Gasteiger partial charge in [0.15, 0.2) is 0 Å². The van der Waals surface area contributed by atoms with Crippen LogP contribution in [0.5, 0.6) is 0 Å². The summed E-state index contributed by atoms with van der Waals surface area (Å²) in [5, 5.41) is 8.77. The predicted octanol–water partition coefficient (Wildman–Crippen LogP) is 7.41. The number of benzene rings is 1. The lowest BCUT2D eigenvalue weighted by atomic mass is 9.75. The molecule has 0 spiro atoms. The number of nitrogens with zero attached hydrogens (tertiary/aromatic N) is 1. The van der Waals surface area contributed by atoms with Gasteiger partial charge in [0, 0.05) is 5.56 Å². The van der Waals surface area contributed by atoms with E-state index in [1.165, 1.54) is 82.8 Å². The first-order valence-electron chi connectivity index (χ1n) is 11.6. The summed E-state index contributed by atoms with van der Waals surface area (Å²) >= 11 is 0. The quantitative estimate of drug-likeness (QED) is 0.479. The lowest BCUT2D eigenvalue weighted by molar-refractivity contribution is 0.224. The Hall–Kier alpha value is -2.06. The summed E-state index contributed by atoms with van der Waals surface area (Å²) in [6, 6.07) is 6.35. The average Bonchev–Trinajstić information content (AvgIpc) is 2.76. The highest BCUT2D eigenvalue weighted by molar-refractivity contribution is 5.42. The Morgan fingerprint density at radius 3 is 2.17 bits per heavy atom. The van der Waals surface area contributed by atoms with Gasteiger partial charge in [-0.05, 0) is 73.6 Å². The van der Waals surface area contributed by atoms with Gasteiger partial charge in [0.05, 0.1) is 5.56 Å². The fourth-order valence-electron chi connectivity index (χ4n) is 5.06. The standard InChI is InChI=1S/C27H34FN/c1-2-21-7-9-23(10-8-21)15-16-24-13-11-22(12-14-24)5-3-4-6-25-17-18-26(20-29)27(28)19-25/h3,5,17-19,21-24H,2,7-16H2,1H3/b5-3+/t21-,22?,23-,24?. The molecule has 2 heteroatoms. The third-order valence-corrected chi connectivity index (χ3v) is 7.18. The number of allylic oxidation sites excluding steroid dienone is 2. The Morgan fingerprint density at radius 2 is 1.59 bits per heavy atom. The van der Waals surface area contributed by atoms with Gasteiger partial charge in [-0.25, -0.2) is 4.39 Å². The molecule has 1 nitrogen and oxygen atoms in total. The van der Waals surface area contributed by atoms with Crippen molar-refractivity contribution < 1.29 is 4.39 Å². The van der Waals surface area contributed by atoms with Crippen LogP contribution in [0.25, 0.3) is 0 Å². The summed E-state index contributed by atoms with van der Waals surface area (Å²) in [5.41, 5.74) is 0.680. The van der Waals surface area contributed by atoms with Gasteiger partial charge in [0.1, 0.15) is 11.9 Å². The van der Waals surface area contributed by atoms with Crippen molar-refractivity contribution in [3.63, 3.8) is 0 Å². The normalized spacial score (nSPS) is 27.2. The van der Waals surface area contributed by atoms with Crippen molar-refractivity contribution in [1.82, 2.24) is 0 Å². The molecule has 154 valence electrons. The van der Waals surface area contributed by atoms with Gasteiger partial charge in [-0.2, -0.15) is 5.26 Å². The van der Waals surface area contributed by atoms with Crippen molar-refractivity contribution in [2.75, 3.05) is 0 Å². The van der Waals surface area contributed by atoms with Crippen molar-refractivity contribution in [2.24, 2.45) is 23.7 Å². The lowest BCUT2D eigenvalue weighted by Gasteiger charge is -2.31. The minimum Gasteiger partial charge on any atom is -0.206 e. The first-order chi connectivity index (χ1) is 14.2. The molecule has 0 N–H and O–H groups in total. The van der Waals surface area contributed by atoms with Crippen LogP contribution in [0.15, 0.2) is 30.4 Å². The van der Waals surface area contributed by atoms with Crippen LogP contribution in [-0.4, -0.2) is 0 Å². The Labute approximate surface area is 176 Å². The maximum atomic E-state index is 13.6. The summed E-state index contributed by atoms with van der Waals surface area (Å²) in [6.45, 7) is 2.34. The number of hydrogen-bond acceptors (Lipinski definition) is 1. The van der Waals surface area contributed by atoms with Gasteiger partial charge in [-0.15, -0.1) is 0 Å². The fourth-order valence-corrected chi connectivity index (χ4v) is 5.06. The second-order valence-corrected chi connectivity index (χ2v) is 9.09. The van der Waals surface area contributed by atoms with E-state index >= 15 is 0 Å². The van der Waals surface area contributed by atoms with E-state index in [-0.39, 0.29) is 5.56 Å². The van der Waals surface area contributed by atoms with Gasteiger partial charge >= 0.3 is 0 Å². The molecule has 0 aliphatic heterocycles. The first kappa shape index (κ1) is 21.6. The Bertz CT molecular complexity index is 775. The van der Waals surface area contributed by atoms with Crippen molar-refractivity contribution in [1.29, 1.82) is 5.26 Å². The van der Waals surface area contributed by atoms with Gasteiger partial charge < -0.3 is 0 Å². The smallest absolute Gasteiger partial charge is 0.142 e. The molecule has 2 aliphatic carbocycles. The van der Waals surface area contributed by atoms with Crippen molar-refractivity contribution >= 4 is 0 Å². The van der Waals surface area contributed by atoms with E-state index in [1.54, 1.807) is 6.07 Å². The van der Waals surface area contributed by atoms with Crippen LogP contribution in [0.1, 0.15) is 88.7 Å². The Balaban J connectivity index is 1.36. The molecule has 0 bridgehead atoms. The number of hydrogen-bond donors (Lipinski definition) is 0. The van der Waals surface area contributed by atoms with E-state index in [1.807, 2.05) is 12.1 Å². The highest BCUT2D eigenvalue weighted by Gasteiger charge is 2.23. The van der Waals surface area contributed by atoms with E-state index in [4.69, 9.17) is 5.26 Å². The summed E-state index contributed by atoms with van der Waals surface area (Å²) in [6.07, 6.45) is 19.5. The van der Waals surface area contributed by atoms with E-state index < -0.39 is 5.82 Å². The van der Waals surface area contributed by atoms with Crippen LogP contribution in [0.3, 0.4) is 0 Å². The first-order valence-corrected chi connectivity index (χ1v) is 11.6. The van der Waals surface area contributed by atoms with Crippen LogP contribution in [0.2, 0.25) is 0 Å². The molecule has 0 atom stereocenters. The molecule has 2 saturated carbocycles. The van der Waals surface area contributed by atoms with Gasteiger partial charge in [0.25, 0.3) is 0 Å². The number of halogens is 1. The van der Waals surface area contributed by atoms with Crippen LogP contribution in [-0.2, 0) is 0 Å². The maximum absolute atomic E-state index is 13.6. The third-order valence-electron chi connectivity index (χ3n) is 7.18. The van der Waals surface area contributed by atoms with Crippen LogP contribution in [0.4, 0.5) is 4.39 Å². The SMILES string of the molecule is CC[C@H]1CC[C@H](CCC2CCC(/C=C/C#Cc3ccc(C#N)c(F)c3)CC2)CC1. The highest BCUT2D eigenvalue weighted by atomic mass is 19.1. The van der Waals surface area contributed by atoms with Crippen LogP contribution >= 0.6 is 0 Å². The summed E-state index contributed by atoms with van der Waals surface area (Å²) in [7, 11) is 0.